The van der Waals surface area contributed by atoms with Gasteiger partial charge in [-0.05, 0) is 20.0 Å². The number of aliphatic hydroxyl groups is 2. The standard InChI is InChI=1S/C10H15N3O4/c1-11-4-3-9(14)10(15)8-6-7(13(16)17)2-5-12-8/h2,5-6,9-11,14-15H,3-4H2,1H3. The van der Waals surface area contributed by atoms with Crippen LogP contribution in [0.1, 0.15) is 18.2 Å². The van der Waals surface area contributed by atoms with Crippen molar-refractivity contribution in [2.45, 2.75) is 18.6 Å². The van der Waals surface area contributed by atoms with Gasteiger partial charge < -0.3 is 15.5 Å². The second-order valence-corrected chi connectivity index (χ2v) is 3.60. The number of pyridine rings is 1. The van der Waals surface area contributed by atoms with Crippen LogP contribution in [0.15, 0.2) is 18.3 Å². The SMILES string of the molecule is CNCCC(O)C(O)c1cc([N+](=O)[O-])ccn1. The molecule has 1 aromatic rings. The highest BCUT2D eigenvalue weighted by molar-refractivity contribution is 5.30. The molecule has 0 amide bonds. The molecular formula is C10H15N3O4. The number of nitrogens with zero attached hydrogens (tertiary/aromatic N) is 2. The van der Waals surface area contributed by atoms with E-state index in [9.17, 15) is 20.3 Å². The summed E-state index contributed by atoms with van der Waals surface area (Å²) in [7, 11) is 1.73. The Morgan fingerprint density at radius 1 is 1.59 bits per heavy atom. The molecule has 0 fully saturated rings. The fourth-order valence-corrected chi connectivity index (χ4v) is 1.36. The molecule has 0 aromatic carbocycles. The molecule has 0 spiro atoms. The van der Waals surface area contributed by atoms with Gasteiger partial charge in [0.25, 0.3) is 5.69 Å². The Morgan fingerprint density at radius 3 is 2.88 bits per heavy atom. The fraction of sp³-hybridized carbons (Fsp3) is 0.500. The normalized spacial score (nSPS) is 14.3. The number of nitro groups is 1. The molecule has 2 atom stereocenters. The summed E-state index contributed by atoms with van der Waals surface area (Å²) >= 11 is 0. The second-order valence-electron chi connectivity index (χ2n) is 3.60. The molecule has 3 N–H and O–H groups in total. The van der Waals surface area contributed by atoms with Gasteiger partial charge in [0.2, 0.25) is 0 Å². The Kier molecular flexibility index (Phi) is 4.95. The molecule has 94 valence electrons. The van der Waals surface area contributed by atoms with E-state index >= 15 is 0 Å². The number of aromatic nitrogens is 1. The van der Waals surface area contributed by atoms with Crippen LogP contribution in [0.4, 0.5) is 5.69 Å². The van der Waals surface area contributed by atoms with Crippen molar-refractivity contribution in [3.63, 3.8) is 0 Å². The Morgan fingerprint density at radius 2 is 2.29 bits per heavy atom. The lowest BCUT2D eigenvalue weighted by molar-refractivity contribution is -0.385. The van der Waals surface area contributed by atoms with Crippen molar-refractivity contribution in [3.8, 4) is 0 Å². The minimum absolute atomic E-state index is 0.0998. The Balaban J connectivity index is 2.77. The van der Waals surface area contributed by atoms with Crippen molar-refractivity contribution in [2.75, 3.05) is 13.6 Å². The highest BCUT2D eigenvalue weighted by Gasteiger charge is 2.21. The molecule has 1 heterocycles. The highest BCUT2D eigenvalue weighted by atomic mass is 16.6. The molecule has 0 saturated heterocycles. The van der Waals surface area contributed by atoms with E-state index in [1.807, 2.05) is 0 Å². The summed E-state index contributed by atoms with van der Waals surface area (Å²) in [5, 5.41) is 32.8. The van der Waals surface area contributed by atoms with Gasteiger partial charge in [-0.2, -0.15) is 0 Å². The van der Waals surface area contributed by atoms with Crippen LogP contribution in [0.5, 0.6) is 0 Å². The minimum Gasteiger partial charge on any atom is -0.390 e. The van der Waals surface area contributed by atoms with Crippen molar-refractivity contribution in [2.24, 2.45) is 0 Å². The maximum absolute atomic E-state index is 10.5. The van der Waals surface area contributed by atoms with Gasteiger partial charge >= 0.3 is 0 Å². The summed E-state index contributed by atoms with van der Waals surface area (Å²) in [5.41, 5.74) is -0.0577. The predicted octanol–water partition coefficient (Wildman–Crippen LogP) is -0.00640. The summed E-state index contributed by atoms with van der Waals surface area (Å²) in [5.74, 6) is 0. The minimum atomic E-state index is -1.22. The van der Waals surface area contributed by atoms with Crippen molar-refractivity contribution in [1.29, 1.82) is 0 Å². The topological polar surface area (TPSA) is 109 Å². The zero-order valence-corrected chi connectivity index (χ0v) is 9.41. The quantitative estimate of drug-likeness (QED) is 0.477. The lowest BCUT2D eigenvalue weighted by Crippen LogP contribution is -2.24. The van der Waals surface area contributed by atoms with Gasteiger partial charge in [-0.25, -0.2) is 0 Å². The van der Waals surface area contributed by atoms with Crippen LogP contribution < -0.4 is 5.32 Å². The van der Waals surface area contributed by atoms with Gasteiger partial charge in [-0.15, -0.1) is 0 Å². The monoisotopic (exact) mass is 241 g/mol. The van der Waals surface area contributed by atoms with Crippen LogP contribution in [0.3, 0.4) is 0 Å². The number of aliphatic hydroxyl groups excluding tert-OH is 2. The summed E-state index contributed by atoms with van der Waals surface area (Å²) < 4.78 is 0. The Bertz CT molecular complexity index is 386. The number of hydrogen-bond acceptors (Lipinski definition) is 6. The molecule has 0 aliphatic carbocycles. The number of hydrogen-bond donors (Lipinski definition) is 3. The third-order valence-corrected chi connectivity index (χ3v) is 2.33. The maximum Gasteiger partial charge on any atom is 0.272 e. The Labute approximate surface area is 98.3 Å². The maximum atomic E-state index is 10.5. The van der Waals surface area contributed by atoms with Crippen molar-refractivity contribution >= 4 is 5.69 Å². The highest BCUT2D eigenvalue weighted by Crippen LogP contribution is 2.20. The molecular weight excluding hydrogens is 226 g/mol. The summed E-state index contributed by atoms with van der Waals surface area (Å²) in [6, 6.07) is 2.39. The molecule has 1 rings (SSSR count). The molecule has 2 unspecified atom stereocenters. The van der Waals surface area contributed by atoms with Gasteiger partial charge in [-0.1, -0.05) is 0 Å². The smallest absolute Gasteiger partial charge is 0.272 e. The van der Waals surface area contributed by atoms with Gasteiger partial charge in [-0.3, -0.25) is 15.1 Å². The molecule has 17 heavy (non-hydrogen) atoms. The van der Waals surface area contributed by atoms with Crippen LogP contribution in [0.25, 0.3) is 0 Å². The van der Waals surface area contributed by atoms with Gasteiger partial charge in [0.1, 0.15) is 6.10 Å². The molecule has 0 aliphatic heterocycles. The molecule has 1 aromatic heterocycles. The molecule has 0 bridgehead atoms. The zero-order chi connectivity index (χ0) is 12.8. The molecule has 7 heteroatoms. The van der Waals surface area contributed by atoms with Gasteiger partial charge in [0.15, 0.2) is 0 Å². The average molecular weight is 241 g/mol. The summed E-state index contributed by atoms with van der Waals surface area (Å²) in [6.07, 6.45) is -0.649. The third-order valence-electron chi connectivity index (χ3n) is 2.33. The van der Waals surface area contributed by atoms with Crippen LogP contribution in [0, 0.1) is 10.1 Å². The molecule has 0 radical (unpaired) electrons. The van der Waals surface area contributed by atoms with E-state index in [0.717, 1.165) is 6.07 Å². The Hall–Kier alpha value is -1.57. The third kappa shape index (κ3) is 3.74. The molecule has 7 nitrogen and oxygen atoms in total. The van der Waals surface area contributed by atoms with E-state index in [4.69, 9.17) is 0 Å². The van der Waals surface area contributed by atoms with E-state index < -0.39 is 17.1 Å². The first-order chi connectivity index (χ1) is 8.06. The zero-order valence-electron chi connectivity index (χ0n) is 9.41. The van der Waals surface area contributed by atoms with Crippen LogP contribution >= 0.6 is 0 Å². The second kappa shape index (κ2) is 6.24. The lowest BCUT2D eigenvalue weighted by Gasteiger charge is -2.16. The first-order valence-electron chi connectivity index (χ1n) is 5.17. The van der Waals surface area contributed by atoms with Crippen molar-refractivity contribution in [1.82, 2.24) is 10.3 Å². The summed E-state index contributed by atoms with van der Waals surface area (Å²) in [4.78, 5) is 13.8. The first-order valence-corrected chi connectivity index (χ1v) is 5.17. The van der Waals surface area contributed by atoms with Crippen LogP contribution in [-0.4, -0.2) is 39.8 Å². The van der Waals surface area contributed by atoms with Crippen molar-refractivity contribution < 1.29 is 15.1 Å². The fourth-order valence-electron chi connectivity index (χ4n) is 1.36. The van der Waals surface area contributed by atoms with Gasteiger partial charge in [0, 0.05) is 18.3 Å². The lowest BCUT2D eigenvalue weighted by atomic mass is 10.1. The predicted molar refractivity (Wildman–Crippen MR) is 60.4 cm³/mol. The largest absolute Gasteiger partial charge is 0.390 e. The average Bonchev–Trinajstić information content (AvgIpc) is 2.35. The number of rotatable bonds is 6. The van der Waals surface area contributed by atoms with Crippen LogP contribution in [-0.2, 0) is 0 Å². The van der Waals surface area contributed by atoms with Crippen molar-refractivity contribution in [3.05, 3.63) is 34.1 Å². The van der Waals surface area contributed by atoms with E-state index in [1.54, 1.807) is 7.05 Å². The summed E-state index contributed by atoms with van der Waals surface area (Å²) in [6.45, 7) is 0.535. The van der Waals surface area contributed by atoms with E-state index in [1.165, 1.54) is 12.3 Å². The van der Waals surface area contributed by atoms with E-state index in [-0.39, 0.29) is 11.4 Å². The van der Waals surface area contributed by atoms with Crippen LogP contribution in [0.2, 0.25) is 0 Å². The molecule has 0 saturated carbocycles. The van der Waals surface area contributed by atoms with E-state index in [2.05, 4.69) is 10.3 Å². The van der Waals surface area contributed by atoms with Gasteiger partial charge in [0.05, 0.1) is 16.7 Å². The molecule has 0 aliphatic rings. The first kappa shape index (κ1) is 13.5. The van der Waals surface area contributed by atoms with E-state index in [0.29, 0.717) is 13.0 Å². The number of nitrogens with one attached hydrogen (secondary N) is 1.